The number of aromatic nitrogens is 3. The number of fused-ring (bicyclic) bond motifs is 1. The van der Waals surface area contributed by atoms with E-state index in [1.54, 1.807) is 6.07 Å². The van der Waals surface area contributed by atoms with Crippen LogP contribution in [0.5, 0.6) is 0 Å². The normalized spacial score (nSPS) is 17.9. The molecule has 2 heterocycles. The van der Waals surface area contributed by atoms with E-state index in [2.05, 4.69) is 20.3 Å². The largest absolute Gasteiger partial charge is 0.433 e. The van der Waals surface area contributed by atoms with Crippen molar-refractivity contribution in [3.8, 4) is 0 Å². The van der Waals surface area contributed by atoms with Crippen molar-refractivity contribution >= 4 is 5.95 Å². The minimum absolute atomic E-state index is 0.0705. The smallest absolute Gasteiger partial charge is 0.347 e. The van der Waals surface area contributed by atoms with Gasteiger partial charge in [0.05, 0.1) is 6.04 Å². The van der Waals surface area contributed by atoms with Gasteiger partial charge in [0.25, 0.3) is 0 Å². The lowest BCUT2D eigenvalue weighted by Gasteiger charge is -2.26. The number of aryl methyl sites for hydroxylation is 1. The fourth-order valence-electron chi connectivity index (χ4n) is 2.59. The van der Waals surface area contributed by atoms with Crippen LogP contribution in [0.2, 0.25) is 0 Å². The molecule has 0 aromatic carbocycles. The first-order valence-corrected chi connectivity index (χ1v) is 6.82. The molecule has 2 aromatic heterocycles. The van der Waals surface area contributed by atoms with Crippen LogP contribution in [0.25, 0.3) is 0 Å². The minimum Gasteiger partial charge on any atom is -0.347 e. The molecule has 8 heteroatoms. The highest BCUT2D eigenvalue weighted by atomic mass is 19.4. The van der Waals surface area contributed by atoms with E-state index in [0.29, 0.717) is 0 Å². The maximum atomic E-state index is 12.7. The van der Waals surface area contributed by atoms with Crippen molar-refractivity contribution < 1.29 is 13.2 Å². The number of anilines is 1. The Morgan fingerprint density at radius 1 is 1.27 bits per heavy atom. The molecule has 0 saturated carbocycles. The zero-order chi connectivity index (χ0) is 15.7. The standard InChI is InChI=1S/C14H13F3N4O/c15-14(16,17)11-6-7-18-13(21-11)20-10-3-1-2-9-8(10)4-5-12(22)19-9/h4-7,10H,1-3H2,(H,19,22)(H,18,20,21)/t10-/m0/s1. The monoisotopic (exact) mass is 310 g/mol. The first kappa shape index (κ1) is 14.6. The van der Waals surface area contributed by atoms with Gasteiger partial charge in [-0.1, -0.05) is 0 Å². The van der Waals surface area contributed by atoms with Crippen molar-refractivity contribution in [3.63, 3.8) is 0 Å². The second kappa shape index (κ2) is 5.43. The van der Waals surface area contributed by atoms with Gasteiger partial charge in [0, 0.05) is 18.0 Å². The molecule has 0 unspecified atom stereocenters. The van der Waals surface area contributed by atoms with Gasteiger partial charge in [-0.3, -0.25) is 4.79 Å². The number of nitrogens with one attached hydrogen (secondary N) is 2. The molecule has 0 bridgehead atoms. The van der Waals surface area contributed by atoms with Crippen molar-refractivity contribution in [2.75, 3.05) is 5.32 Å². The molecule has 5 nitrogen and oxygen atoms in total. The topological polar surface area (TPSA) is 70.7 Å². The molecule has 0 saturated heterocycles. The Hall–Kier alpha value is -2.38. The van der Waals surface area contributed by atoms with Crippen LogP contribution in [0.1, 0.15) is 35.8 Å². The van der Waals surface area contributed by atoms with E-state index < -0.39 is 11.9 Å². The number of pyridine rings is 1. The molecule has 0 spiro atoms. The van der Waals surface area contributed by atoms with Gasteiger partial charge in [-0.15, -0.1) is 0 Å². The Morgan fingerprint density at radius 2 is 2.09 bits per heavy atom. The van der Waals surface area contributed by atoms with Gasteiger partial charge in [0.15, 0.2) is 0 Å². The molecule has 0 amide bonds. The summed E-state index contributed by atoms with van der Waals surface area (Å²) in [7, 11) is 0. The lowest BCUT2D eigenvalue weighted by molar-refractivity contribution is -0.141. The minimum atomic E-state index is -4.50. The van der Waals surface area contributed by atoms with Gasteiger partial charge in [-0.2, -0.15) is 13.2 Å². The lowest BCUT2D eigenvalue weighted by atomic mass is 9.91. The average Bonchev–Trinajstić information content (AvgIpc) is 2.46. The van der Waals surface area contributed by atoms with Crippen LogP contribution in [0.15, 0.2) is 29.2 Å². The van der Waals surface area contributed by atoms with Crippen LogP contribution in [-0.4, -0.2) is 15.0 Å². The third-order valence-electron chi connectivity index (χ3n) is 3.58. The quantitative estimate of drug-likeness (QED) is 0.894. The van der Waals surface area contributed by atoms with E-state index >= 15 is 0 Å². The third kappa shape index (κ3) is 2.95. The van der Waals surface area contributed by atoms with Gasteiger partial charge in [0.2, 0.25) is 11.5 Å². The summed E-state index contributed by atoms with van der Waals surface area (Å²) in [5.41, 5.74) is 0.507. The van der Waals surface area contributed by atoms with E-state index in [1.165, 1.54) is 6.07 Å². The fraction of sp³-hybridized carbons (Fsp3) is 0.357. The van der Waals surface area contributed by atoms with E-state index in [-0.39, 0.29) is 17.5 Å². The van der Waals surface area contributed by atoms with Crippen molar-refractivity contribution in [1.29, 1.82) is 0 Å². The molecule has 1 aliphatic carbocycles. The summed E-state index contributed by atoms with van der Waals surface area (Å²) in [6.07, 6.45) is -1.13. The van der Waals surface area contributed by atoms with Crippen LogP contribution < -0.4 is 10.9 Å². The average molecular weight is 310 g/mol. The summed E-state index contributed by atoms with van der Waals surface area (Å²) in [5.74, 6) is -0.0705. The van der Waals surface area contributed by atoms with Gasteiger partial charge in [-0.25, -0.2) is 9.97 Å². The second-order valence-corrected chi connectivity index (χ2v) is 5.11. The first-order chi connectivity index (χ1) is 10.4. The number of halogens is 3. The highest BCUT2D eigenvalue weighted by Gasteiger charge is 2.33. The van der Waals surface area contributed by atoms with Crippen LogP contribution in [-0.2, 0) is 12.6 Å². The molecule has 1 atom stereocenters. The number of rotatable bonds is 2. The van der Waals surface area contributed by atoms with Crippen molar-refractivity contribution in [2.45, 2.75) is 31.5 Å². The first-order valence-electron chi connectivity index (χ1n) is 6.82. The summed E-state index contributed by atoms with van der Waals surface area (Å²) in [6.45, 7) is 0. The number of aromatic amines is 1. The number of hydrogen-bond acceptors (Lipinski definition) is 4. The van der Waals surface area contributed by atoms with Gasteiger partial charge >= 0.3 is 6.18 Å². The molecule has 0 fully saturated rings. The molecule has 22 heavy (non-hydrogen) atoms. The SMILES string of the molecule is O=c1ccc2c([nH]1)CCC[C@@H]2Nc1nccc(C(F)(F)F)n1. The third-order valence-corrected chi connectivity index (χ3v) is 3.58. The molecule has 3 rings (SSSR count). The van der Waals surface area contributed by atoms with Gasteiger partial charge < -0.3 is 10.3 Å². The molecular weight excluding hydrogens is 297 g/mol. The Kier molecular flexibility index (Phi) is 3.59. The molecule has 2 aromatic rings. The van der Waals surface area contributed by atoms with Crippen LogP contribution in [0.3, 0.4) is 0 Å². The van der Waals surface area contributed by atoms with Crippen LogP contribution >= 0.6 is 0 Å². The molecular formula is C14H13F3N4O. The van der Waals surface area contributed by atoms with Crippen molar-refractivity contribution in [2.24, 2.45) is 0 Å². The van der Waals surface area contributed by atoms with E-state index in [4.69, 9.17) is 0 Å². The molecule has 0 aliphatic heterocycles. The predicted octanol–water partition coefficient (Wildman–Crippen LogP) is 2.67. The summed E-state index contributed by atoms with van der Waals surface area (Å²) >= 11 is 0. The van der Waals surface area contributed by atoms with E-state index in [9.17, 15) is 18.0 Å². The lowest BCUT2D eigenvalue weighted by Crippen LogP contribution is -2.22. The zero-order valence-electron chi connectivity index (χ0n) is 11.4. The Morgan fingerprint density at radius 3 is 2.86 bits per heavy atom. The summed E-state index contributed by atoms with van der Waals surface area (Å²) in [5, 5.41) is 2.92. The Balaban J connectivity index is 1.88. The number of nitrogens with zero attached hydrogens (tertiary/aromatic N) is 2. The van der Waals surface area contributed by atoms with Crippen LogP contribution in [0.4, 0.5) is 19.1 Å². The Bertz CT molecular complexity index is 741. The molecule has 116 valence electrons. The summed E-state index contributed by atoms with van der Waals surface area (Å²) < 4.78 is 38.0. The number of hydrogen-bond donors (Lipinski definition) is 2. The van der Waals surface area contributed by atoms with Crippen molar-refractivity contribution in [1.82, 2.24) is 15.0 Å². The van der Waals surface area contributed by atoms with Gasteiger partial charge in [-0.05, 0) is 37.0 Å². The maximum Gasteiger partial charge on any atom is 0.433 e. The Labute approximate surface area is 123 Å². The fourth-order valence-corrected chi connectivity index (χ4v) is 2.59. The number of H-pyrrole nitrogens is 1. The number of alkyl halides is 3. The highest BCUT2D eigenvalue weighted by molar-refractivity contribution is 5.36. The summed E-state index contributed by atoms with van der Waals surface area (Å²) in [4.78, 5) is 21.5. The van der Waals surface area contributed by atoms with E-state index in [1.807, 2.05) is 0 Å². The molecule has 0 radical (unpaired) electrons. The highest BCUT2D eigenvalue weighted by Crippen LogP contribution is 2.31. The molecule has 2 N–H and O–H groups in total. The second-order valence-electron chi connectivity index (χ2n) is 5.11. The van der Waals surface area contributed by atoms with Crippen molar-refractivity contribution in [3.05, 3.63) is 51.7 Å². The van der Waals surface area contributed by atoms with Gasteiger partial charge in [0.1, 0.15) is 5.69 Å². The van der Waals surface area contributed by atoms with Crippen LogP contribution in [0, 0.1) is 0 Å². The molecule has 1 aliphatic rings. The summed E-state index contributed by atoms with van der Waals surface area (Å²) in [6, 6.07) is 3.71. The van der Waals surface area contributed by atoms with E-state index in [0.717, 1.165) is 42.8 Å². The maximum absolute atomic E-state index is 12.7. The predicted molar refractivity (Wildman–Crippen MR) is 73.4 cm³/mol. The zero-order valence-corrected chi connectivity index (χ0v) is 11.4.